The average Bonchev–Trinajstić information content (AvgIpc) is 3.17. The van der Waals surface area contributed by atoms with Gasteiger partial charge in [0.1, 0.15) is 18.5 Å². The smallest absolute Gasteiger partial charge is 0.231 e. The number of nitrogens with one attached hydrogen (secondary N) is 1. The van der Waals surface area contributed by atoms with Crippen molar-refractivity contribution in [3.8, 4) is 11.5 Å². The van der Waals surface area contributed by atoms with Crippen LogP contribution in [0, 0.1) is 5.82 Å². The summed E-state index contributed by atoms with van der Waals surface area (Å²) in [6, 6.07) is 12.4. The molecule has 1 saturated heterocycles. The minimum Gasteiger partial charge on any atom is -0.454 e. The van der Waals surface area contributed by atoms with E-state index in [1.165, 1.54) is 17.0 Å². The first-order valence-corrected chi connectivity index (χ1v) is 9.66. The highest BCUT2D eigenvalue weighted by Gasteiger charge is 2.23. The number of halogens is 1. The van der Waals surface area contributed by atoms with Gasteiger partial charge in [-0.25, -0.2) is 4.39 Å². The van der Waals surface area contributed by atoms with Crippen LogP contribution in [0.2, 0.25) is 0 Å². The van der Waals surface area contributed by atoms with Crippen molar-refractivity contribution in [1.29, 1.82) is 0 Å². The van der Waals surface area contributed by atoms with Gasteiger partial charge in [0.15, 0.2) is 11.5 Å². The lowest BCUT2D eigenvalue weighted by Crippen LogP contribution is -3.16. The molecule has 0 aromatic heterocycles. The van der Waals surface area contributed by atoms with E-state index in [0.29, 0.717) is 19.8 Å². The van der Waals surface area contributed by atoms with Gasteiger partial charge in [-0.05, 0) is 42.0 Å². The van der Waals surface area contributed by atoms with Gasteiger partial charge < -0.3 is 29.1 Å². The predicted octanol–water partition coefficient (Wildman–Crippen LogP) is 0.837. The van der Waals surface area contributed by atoms with Crippen LogP contribution in [0.25, 0.3) is 0 Å². The summed E-state index contributed by atoms with van der Waals surface area (Å²) in [5, 5.41) is 10.3. The molecule has 6 nitrogen and oxygen atoms in total. The zero-order valence-electron chi connectivity index (χ0n) is 15.8. The first-order chi connectivity index (χ1) is 13.7. The monoisotopic (exact) mass is 389 g/mol. The molecule has 0 saturated carbocycles. The van der Waals surface area contributed by atoms with Crippen molar-refractivity contribution in [3.05, 3.63) is 53.8 Å². The van der Waals surface area contributed by atoms with Gasteiger partial charge in [0.2, 0.25) is 6.79 Å². The second-order valence-electron chi connectivity index (χ2n) is 7.27. The highest BCUT2D eigenvalue weighted by atomic mass is 19.1. The van der Waals surface area contributed by atoms with Crippen molar-refractivity contribution in [3.63, 3.8) is 0 Å². The number of nitrogens with zero attached hydrogens (tertiary/aromatic N) is 1. The van der Waals surface area contributed by atoms with Crippen LogP contribution in [0.3, 0.4) is 0 Å². The fraction of sp³-hybridized carbons (Fsp3) is 0.429. The highest BCUT2D eigenvalue weighted by molar-refractivity contribution is 5.46. The van der Waals surface area contributed by atoms with Crippen molar-refractivity contribution in [1.82, 2.24) is 0 Å². The number of ether oxygens (including phenoxy) is 3. The summed E-state index contributed by atoms with van der Waals surface area (Å²) in [6.45, 7) is 5.33. The van der Waals surface area contributed by atoms with Gasteiger partial charge in [-0.15, -0.1) is 0 Å². The van der Waals surface area contributed by atoms with Gasteiger partial charge in [0.05, 0.1) is 39.4 Å². The van der Waals surface area contributed by atoms with E-state index in [1.807, 2.05) is 30.3 Å². The minimum atomic E-state index is -0.499. The van der Waals surface area contributed by atoms with Crippen molar-refractivity contribution < 1.29 is 28.6 Å². The van der Waals surface area contributed by atoms with E-state index in [9.17, 15) is 9.50 Å². The zero-order valence-corrected chi connectivity index (χ0v) is 15.8. The standard InChI is InChI=1S/C21H25FN2O4/c22-17-2-4-18(5-3-17)24-9-7-23(8-10-24)12-19(25)14-26-13-16-1-6-20-21(11-16)28-15-27-20/h1-6,11,19,25H,7-10,12-15H2/p+1/t19-/m0/s1. The lowest BCUT2D eigenvalue weighted by Gasteiger charge is -2.34. The number of benzene rings is 2. The van der Waals surface area contributed by atoms with Crippen LogP contribution >= 0.6 is 0 Å². The summed E-state index contributed by atoms with van der Waals surface area (Å²) in [6.07, 6.45) is -0.499. The second kappa shape index (κ2) is 8.77. The van der Waals surface area contributed by atoms with Gasteiger partial charge >= 0.3 is 0 Å². The third-order valence-corrected chi connectivity index (χ3v) is 5.20. The normalized spacial score (nSPS) is 17.7. The molecule has 0 bridgehead atoms. The lowest BCUT2D eigenvalue weighted by atomic mass is 10.2. The van der Waals surface area contributed by atoms with Gasteiger partial charge in [-0.1, -0.05) is 6.07 Å². The second-order valence-corrected chi connectivity index (χ2v) is 7.27. The number of rotatable bonds is 7. The van der Waals surface area contributed by atoms with Crippen molar-refractivity contribution >= 4 is 5.69 Å². The quantitative estimate of drug-likeness (QED) is 0.735. The van der Waals surface area contributed by atoms with E-state index in [-0.39, 0.29) is 12.6 Å². The molecule has 2 aliphatic heterocycles. The molecule has 2 aromatic rings. The molecule has 0 spiro atoms. The third kappa shape index (κ3) is 4.73. The zero-order chi connectivity index (χ0) is 19.3. The van der Waals surface area contributed by atoms with E-state index >= 15 is 0 Å². The average molecular weight is 389 g/mol. The summed E-state index contributed by atoms with van der Waals surface area (Å²) < 4.78 is 29.4. The van der Waals surface area contributed by atoms with E-state index in [0.717, 1.165) is 48.9 Å². The van der Waals surface area contributed by atoms with Crippen molar-refractivity contribution in [2.75, 3.05) is 51.0 Å². The molecule has 150 valence electrons. The Balaban J connectivity index is 1.16. The number of piperazine rings is 1. The Morgan fingerprint density at radius 3 is 2.61 bits per heavy atom. The first kappa shape index (κ1) is 19.0. The SMILES string of the molecule is O[C@H](COCc1ccc2c(c1)OCO2)C[NH+]1CCN(c2ccc(F)cc2)CC1. The number of aliphatic hydroxyl groups excluding tert-OH is 1. The molecule has 2 heterocycles. The molecule has 0 unspecified atom stereocenters. The largest absolute Gasteiger partial charge is 0.454 e. The Kier molecular flexibility index (Phi) is 5.95. The van der Waals surface area contributed by atoms with Gasteiger partial charge in [0.25, 0.3) is 0 Å². The summed E-state index contributed by atoms with van der Waals surface area (Å²) in [7, 11) is 0. The van der Waals surface area contributed by atoms with Crippen LogP contribution in [-0.2, 0) is 11.3 Å². The number of hydrogen-bond acceptors (Lipinski definition) is 5. The molecular weight excluding hydrogens is 363 g/mol. The van der Waals surface area contributed by atoms with E-state index < -0.39 is 6.10 Å². The molecular formula is C21H26FN2O4+. The van der Waals surface area contributed by atoms with Gasteiger partial charge in [-0.2, -0.15) is 0 Å². The van der Waals surface area contributed by atoms with Crippen molar-refractivity contribution in [2.45, 2.75) is 12.7 Å². The molecule has 28 heavy (non-hydrogen) atoms. The number of anilines is 1. The Morgan fingerprint density at radius 1 is 1.07 bits per heavy atom. The van der Waals surface area contributed by atoms with Crippen LogP contribution in [0.4, 0.5) is 10.1 Å². The fourth-order valence-electron chi connectivity index (χ4n) is 3.67. The molecule has 7 heteroatoms. The summed E-state index contributed by atoms with van der Waals surface area (Å²) in [5.41, 5.74) is 2.05. The van der Waals surface area contributed by atoms with Crippen LogP contribution in [-0.4, -0.2) is 57.3 Å². The van der Waals surface area contributed by atoms with Gasteiger partial charge in [-0.3, -0.25) is 0 Å². The summed E-state index contributed by atoms with van der Waals surface area (Å²) in [5.74, 6) is 1.29. The van der Waals surface area contributed by atoms with Crippen LogP contribution in [0.5, 0.6) is 11.5 Å². The molecule has 0 amide bonds. The fourth-order valence-corrected chi connectivity index (χ4v) is 3.67. The van der Waals surface area contributed by atoms with Crippen LogP contribution in [0.1, 0.15) is 5.56 Å². The molecule has 2 aromatic carbocycles. The Morgan fingerprint density at radius 2 is 1.82 bits per heavy atom. The minimum absolute atomic E-state index is 0.211. The topological polar surface area (TPSA) is 55.6 Å². The third-order valence-electron chi connectivity index (χ3n) is 5.20. The lowest BCUT2D eigenvalue weighted by molar-refractivity contribution is -0.903. The van der Waals surface area contributed by atoms with Crippen LogP contribution < -0.4 is 19.3 Å². The summed E-state index contributed by atoms with van der Waals surface area (Å²) in [4.78, 5) is 3.61. The van der Waals surface area contributed by atoms with E-state index in [2.05, 4.69) is 4.90 Å². The predicted molar refractivity (Wildman–Crippen MR) is 102 cm³/mol. The number of quaternary nitrogens is 1. The maximum atomic E-state index is 13.1. The Labute approximate surface area is 164 Å². The molecule has 1 atom stereocenters. The van der Waals surface area contributed by atoms with E-state index in [1.54, 1.807) is 0 Å². The molecule has 2 N–H and O–H groups in total. The number of hydrogen-bond donors (Lipinski definition) is 2. The maximum Gasteiger partial charge on any atom is 0.231 e. The Bertz CT molecular complexity index is 778. The molecule has 1 fully saturated rings. The molecule has 0 radical (unpaired) electrons. The highest BCUT2D eigenvalue weighted by Crippen LogP contribution is 2.32. The molecule has 4 rings (SSSR count). The first-order valence-electron chi connectivity index (χ1n) is 9.66. The number of aliphatic hydroxyl groups is 1. The van der Waals surface area contributed by atoms with Crippen molar-refractivity contribution in [2.24, 2.45) is 0 Å². The molecule has 0 aliphatic carbocycles. The summed E-state index contributed by atoms with van der Waals surface area (Å²) >= 11 is 0. The maximum absolute atomic E-state index is 13.1. The Hall–Kier alpha value is -2.35. The van der Waals surface area contributed by atoms with Crippen LogP contribution in [0.15, 0.2) is 42.5 Å². The van der Waals surface area contributed by atoms with E-state index in [4.69, 9.17) is 14.2 Å². The molecule has 2 aliphatic rings. The van der Waals surface area contributed by atoms with Gasteiger partial charge in [0, 0.05) is 5.69 Å². The number of fused-ring (bicyclic) bond motifs is 1.